The van der Waals surface area contributed by atoms with E-state index in [1.165, 1.54) is 17.0 Å². The monoisotopic (exact) mass is 424 g/mol. The number of anilines is 1. The van der Waals surface area contributed by atoms with E-state index in [1.807, 2.05) is 24.3 Å². The molecular weight excluding hydrogens is 403 g/mol. The van der Waals surface area contributed by atoms with Crippen LogP contribution in [0.2, 0.25) is 0 Å². The fraction of sp³-hybridized carbons (Fsp3) is 0.273. The third-order valence-corrected chi connectivity index (χ3v) is 5.66. The molecule has 1 atom stereocenters. The van der Waals surface area contributed by atoms with Gasteiger partial charge in [-0.25, -0.2) is 14.3 Å². The van der Waals surface area contributed by atoms with Crippen molar-refractivity contribution < 1.29 is 14.0 Å². The molecule has 2 amide bonds. The molecule has 0 radical (unpaired) electrons. The van der Waals surface area contributed by atoms with Crippen LogP contribution in [-0.4, -0.2) is 39.5 Å². The molecule has 2 heterocycles. The highest BCUT2D eigenvalue weighted by Gasteiger charge is 2.41. The van der Waals surface area contributed by atoms with Gasteiger partial charge in [-0.3, -0.25) is 14.6 Å². The summed E-state index contributed by atoms with van der Waals surface area (Å²) in [5.41, 5.74) is 1.63. The van der Waals surface area contributed by atoms with Crippen molar-refractivity contribution in [3.05, 3.63) is 59.9 Å². The van der Waals surface area contributed by atoms with Crippen LogP contribution in [0, 0.1) is 11.7 Å². The van der Waals surface area contributed by atoms with Gasteiger partial charge in [-0.1, -0.05) is 49.9 Å². The SMILES string of the molecule is CC(C)CC1N=C2c3ccccc3N=C(SCC(=O)Nc3ccccc3F)N2C1=O. The molecule has 0 bridgehead atoms. The second-order valence-electron chi connectivity index (χ2n) is 7.50. The number of hydrogen-bond donors (Lipinski definition) is 1. The lowest BCUT2D eigenvalue weighted by molar-refractivity contribution is -0.125. The van der Waals surface area contributed by atoms with Gasteiger partial charge in [0.15, 0.2) is 5.17 Å². The molecule has 2 aromatic rings. The summed E-state index contributed by atoms with van der Waals surface area (Å²) in [6, 6.07) is 13.0. The molecule has 0 aromatic heterocycles. The number of halogens is 1. The molecule has 4 rings (SSSR count). The van der Waals surface area contributed by atoms with Crippen LogP contribution >= 0.6 is 11.8 Å². The van der Waals surface area contributed by atoms with E-state index in [0.29, 0.717) is 29.0 Å². The van der Waals surface area contributed by atoms with Gasteiger partial charge in [0.25, 0.3) is 5.91 Å². The first kappa shape index (κ1) is 20.3. The van der Waals surface area contributed by atoms with Crippen molar-refractivity contribution >= 4 is 46.0 Å². The molecule has 2 aromatic carbocycles. The molecule has 0 fully saturated rings. The number of nitrogens with zero attached hydrogens (tertiary/aromatic N) is 3. The average Bonchev–Trinajstić information content (AvgIpc) is 3.04. The maximum Gasteiger partial charge on any atom is 0.259 e. The Morgan fingerprint density at radius 2 is 1.93 bits per heavy atom. The first-order chi connectivity index (χ1) is 14.4. The van der Waals surface area contributed by atoms with Gasteiger partial charge in [0.05, 0.1) is 17.1 Å². The normalized spacial score (nSPS) is 17.4. The number of rotatable bonds is 5. The van der Waals surface area contributed by atoms with Crippen molar-refractivity contribution in [3.63, 3.8) is 0 Å². The summed E-state index contributed by atoms with van der Waals surface area (Å²) >= 11 is 1.14. The number of amidine groups is 2. The predicted octanol–water partition coefficient (Wildman–Crippen LogP) is 4.20. The number of carbonyl (C=O) groups is 2. The van der Waals surface area contributed by atoms with Crippen LogP contribution in [-0.2, 0) is 9.59 Å². The Hall–Kier alpha value is -3.00. The van der Waals surface area contributed by atoms with Crippen molar-refractivity contribution in [1.29, 1.82) is 0 Å². The van der Waals surface area contributed by atoms with E-state index in [2.05, 4.69) is 29.1 Å². The highest BCUT2D eigenvalue weighted by Crippen LogP contribution is 2.34. The van der Waals surface area contributed by atoms with Crippen LogP contribution < -0.4 is 5.32 Å². The van der Waals surface area contributed by atoms with E-state index in [9.17, 15) is 14.0 Å². The Balaban J connectivity index is 1.55. The largest absolute Gasteiger partial charge is 0.323 e. The molecule has 0 saturated carbocycles. The van der Waals surface area contributed by atoms with Gasteiger partial charge >= 0.3 is 0 Å². The zero-order chi connectivity index (χ0) is 21.3. The Morgan fingerprint density at radius 1 is 1.20 bits per heavy atom. The minimum absolute atomic E-state index is 0.0127. The van der Waals surface area contributed by atoms with Gasteiger partial charge in [-0.15, -0.1) is 0 Å². The molecule has 154 valence electrons. The van der Waals surface area contributed by atoms with Crippen LogP contribution in [0.3, 0.4) is 0 Å². The number of benzene rings is 2. The Morgan fingerprint density at radius 3 is 2.70 bits per heavy atom. The maximum atomic E-state index is 13.8. The Bertz CT molecular complexity index is 1070. The van der Waals surface area contributed by atoms with Crippen molar-refractivity contribution in [2.24, 2.45) is 15.9 Å². The predicted molar refractivity (Wildman–Crippen MR) is 118 cm³/mol. The second-order valence-corrected chi connectivity index (χ2v) is 8.44. The summed E-state index contributed by atoms with van der Waals surface area (Å²) in [6.45, 7) is 4.10. The number of amides is 2. The first-order valence-electron chi connectivity index (χ1n) is 9.71. The average molecular weight is 425 g/mol. The number of thioether (sulfide) groups is 1. The van der Waals surface area contributed by atoms with Crippen LogP contribution in [0.4, 0.5) is 15.8 Å². The number of nitrogens with one attached hydrogen (secondary N) is 1. The number of para-hydroxylation sites is 2. The van der Waals surface area contributed by atoms with Crippen molar-refractivity contribution in [2.75, 3.05) is 11.1 Å². The summed E-state index contributed by atoms with van der Waals surface area (Å²) in [5.74, 6) is -0.126. The maximum absolute atomic E-state index is 13.8. The van der Waals surface area contributed by atoms with Crippen molar-refractivity contribution in [1.82, 2.24) is 4.90 Å². The molecule has 6 nitrogen and oxygen atoms in total. The van der Waals surface area contributed by atoms with Crippen molar-refractivity contribution in [2.45, 2.75) is 26.3 Å². The third kappa shape index (κ3) is 4.00. The van der Waals surface area contributed by atoms with E-state index >= 15 is 0 Å². The molecule has 30 heavy (non-hydrogen) atoms. The minimum atomic E-state index is -0.500. The van der Waals surface area contributed by atoms with Crippen LogP contribution in [0.5, 0.6) is 0 Å². The molecule has 8 heteroatoms. The van der Waals surface area contributed by atoms with Crippen LogP contribution in [0.25, 0.3) is 0 Å². The molecule has 0 aliphatic carbocycles. The summed E-state index contributed by atoms with van der Waals surface area (Å²) in [6.07, 6.45) is 0.646. The van der Waals surface area contributed by atoms with Gasteiger partial charge in [0, 0.05) is 5.56 Å². The lowest BCUT2D eigenvalue weighted by atomic mass is 10.0. The Labute approximate surface area is 178 Å². The summed E-state index contributed by atoms with van der Waals surface area (Å²) in [7, 11) is 0. The van der Waals surface area contributed by atoms with E-state index in [-0.39, 0.29) is 23.3 Å². The molecule has 2 aliphatic heterocycles. The lowest BCUT2D eigenvalue weighted by Gasteiger charge is -2.25. The first-order valence-corrected chi connectivity index (χ1v) is 10.7. The van der Waals surface area contributed by atoms with Crippen LogP contribution in [0.1, 0.15) is 25.8 Å². The minimum Gasteiger partial charge on any atom is -0.323 e. The van der Waals surface area contributed by atoms with Gasteiger partial charge in [0.1, 0.15) is 17.7 Å². The standard InChI is InChI=1S/C22H21FN4O2S/c1-13(2)11-18-21(29)27-20(25-18)14-7-3-5-9-16(14)26-22(27)30-12-19(28)24-17-10-6-4-8-15(17)23/h3-10,13,18H,11-12H2,1-2H3,(H,24,28). The number of carbonyl (C=O) groups excluding carboxylic acids is 2. The van der Waals surface area contributed by atoms with Gasteiger partial charge in [0.2, 0.25) is 5.91 Å². The topological polar surface area (TPSA) is 74.1 Å². The van der Waals surface area contributed by atoms with Crippen LogP contribution in [0.15, 0.2) is 58.5 Å². The molecular formula is C22H21FN4O2S. The molecule has 1 unspecified atom stereocenters. The summed E-state index contributed by atoms with van der Waals surface area (Å²) in [4.78, 5) is 36.2. The smallest absolute Gasteiger partial charge is 0.259 e. The molecule has 1 N–H and O–H groups in total. The zero-order valence-corrected chi connectivity index (χ0v) is 17.4. The number of aliphatic imine (C=N–C) groups is 2. The third-order valence-electron chi connectivity index (χ3n) is 4.72. The Kier molecular flexibility index (Phi) is 5.67. The zero-order valence-electron chi connectivity index (χ0n) is 16.6. The van der Waals surface area contributed by atoms with E-state index < -0.39 is 11.9 Å². The van der Waals surface area contributed by atoms with E-state index in [0.717, 1.165) is 17.3 Å². The van der Waals surface area contributed by atoms with Gasteiger partial charge in [-0.05, 0) is 36.6 Å². The fourth-order valence-electron chi connectivity index (χ4n) is 3.38. The van der Waals surface area contributed by atoms with Gasteiger partial charge in [-0.2, -0.15) is 0 Å². The lowest BCUT2D eigenvalue weighted by Crippen LogP contribution is -2.41. The quantitative estimate of drug-likeness (QED) is 0.782. The number of hydrogen-bond acceptors (Lipinski definition) is 5. The summed E-state index contributed by atoms with van der Waals surface area (Å²) < 4.78 is 13.8. The molecule has 2 aliphatic rings. The highest BCUT2D eigenvalue weighted by molar-refractivity contribution is 8.14. The molecule has 0 saturated heterocycles. The van der Waals surface area contributed by atoms with E-state index in [1.54, 1.807) is 12.1 Å². The number of fused-ring (bicyclic) bond motifs is 3. The fourth-order valence-corrected chi connectivity index (χ4v) is 4.18. The van der Waals surface area contributed by atoms with Gasteiger partial charge < -0.3 is 5.32 Å². The highest BCUT2D eigenvalue weighted by atomic mass is 32.2. The summed E-state index contributed by atoms with van der Waals surface area (Å²) in [5, 5.41) is 2.96. The van der Waals surface area contributed by atoms with E-state index in [4.69, 9.17) is 0 Å². The second kappa shape index (κ2) is 8.39. The molecule has 0 spiro atoms. The van der Waals surface area contributed by atoms with Crippen molar-refractivity contribution in [3.8, 4) is 0 Å².